The molecule has 0 aromatic carbocycles. The molecule has 0 saturated heterocycles. The van der Waals surface area contributed by atoms with E-state index in [0.717, 1.165) is 18.5 Å². The highest BCUT2D eigenvalue weighted by Gasteiger charge is 2.50. The van der Waals surface area contributed by atoms with E-state index in [9.17, 15) is 8.42 Å². The SMILES string of the molecule is CCNCc1csc(S(=O)(=O)NC2CC(OC)C2(C)C)c1. The summed E-state index contributed by atoms with van der Waals surface area (Å²) in [5.74, 6) is 0. The third-order valence-corrected chi connectivity index (χ3v) is 7.19. The fraction of sp³-hybridized carbons (Fsp3) is 0.714. The van der Waals surface area contributed by atoms with Gasteiger partial charge >= 0.3 is 0 Å². The fourth-order valence-electron chi connectivity index (χ4n) is 2.59. The monoisotopic (exact) mass is 332 g/mol. The van der Waals surface area contributed by atoms with Crippen LogP contribution in [0.2, 0.25) is 0 Å². The van der Waals surface area contributed by atoms with Crippen molar-refractivity contribution in [2.75, 3.05) is 13.7 Å². The first kappa shape index (κ1) is 16.9. The Balaban J connectivity index is 2.04. The van der Waals surface area contributed by atoms with E-state index in [1.807, 2.05) is 26.2 Å². The van der Waals surface area contributed by atoms with Crippen molar-refractivity contribution in [3.05, 3.63) is 17.0 Å². The summed E-state index contributed by atoms with van der Waals surface area (Å²) in [6.07, 6.45) is 0.830. The van der Waals surface area contributed by atoms with E-state index in [4.69, 9.17) is 4.74 Å². The van der Waals surface area contributed by atoms with Crippen LogP contribution in [0.4, 0.5) is 0 Å². The van der Waals surface area contributed by atoms with Crippen LogP contribution < -0.4 is 10.0 Å². The molecule has 2 rings (SSSR count). The predicted octanol–water partition coefficient (Wildman–Crippen LogP) is 1.95. The minimum atomic E-state index is -3.44. The first-order chi connectivity index (χ1) is 9.81. The Hall–Kier alpha value is -0.470. The van der Waals surface area contributed by atoms with Crippen molar-refractivity contribution in [2.45, 2.75) is 50.1 Å². The highest BCUT2D eigenvalue weighted by Crippen LogP contribution is 2.43. The molecular formula is C14H24N2O3S2. The number of methoxy groups -OCH3 is 1. The molecule has 1 heterocycles. The van der Waals surface area contributed by atoms with Gasteiger partial charge in [-0.05, 0) is 30.0 Å². The van der Waals surface area contributed by atoms with Gasteiger partial charge in [-0.25, -0.2) is 13.1 Å². The summed E-state index contributed by atoms with van der Waals surface area (Å²) < 4.78 is 33.4. The number of thiophene rings is 1. The van der Waals surface area contributed by atoms with Gasteiger partial charge in [0.15, 0.2) is 0 Å². The molecule has 0 spiro atoms. The Morgan fingerprint density at radius 2 is 2.19 bits per heavy atom. The molecule has 1 fully saturated rings. The molecule has 1 aromatic rings. The Labute approximate surface area is 131 Å². The van der Waals surface area contributed by atoms with Gasteiger partial charge in [0.25, 0.3) is 0 Å². The van der Waals surface area contributed by atoms with Gasteiger partial charge in [0.1, 0.15) is 4.21 Å². The molecule has 1 aliphatic carbocycles. The van der Waals surface area contributed by atoms with Gasteiger partial charge in [-0.3, -0.25) is 0 Å². The normalized spacial score (nSPS) is 24.8. The topological polar surface area (TPSA) is 67.4 Å². The van der Waals surface area contributed by atoms with Gasteiger partial charge in [0, 0.05) is 25.1 Å². The van der Waals surface area contributed by atoms with Crippen molar-refractivity contribution < 1.29 is 13.2 Å². The van der Waals surface area contributed by atoms with Gasteiger partial charge < -0.3 is 10.1 Å². The van der Waals surface area contributed by atoms with Crippen molar-refractivity contribution in [3.8, 4) is 0 Å². The van der Waals surface area contributed by atoms with E-state index in [1.54, 1.807) is 13.2 Å². The summed E-state index contributed by atoms with van der Waals surface area (Å²) in [4.78, 5) is 0. The second-order valence-corrected chi connectivity index (χ2v) is 8.86. The summed E-state index contributed by atoms with van der Waals surface area (Å²) in [7, 11) is -1.77. The van der Waals surface area contributed by atoms with Crippen LogP contribution in [0.1, 0.15) is 32.8 Å². The quantitative estimate of drug-likeness (QED) is 0.801. The Morgan fingerprint density at radius 3 is 2.76 bits per heavy atom. The summed E-state index contributed by atoms with van der Waals surface area (Å²) in [5, 5.41) is 5.08. The molecule has 2 atom stereocenters. The zero-order valence-corrected chi connectivity index (χ0v) is 14.6. The van der Waals surface area contributed by atoms with Crippen molar-refractivity contribution >= 4 is 21.4 Å². The lowest BCUT2D eigenvalue weighted by molar-refractivity contribution is -0.0908. The summed E-state index contributed by atoms with van der Waals surface area (Å²) in [6, 6.07) is 1.67. The second kappa shape index (κ2) is 6.34. The van der Waals surface area contributed by atoms with Crippen molar-refractivity contribution in [3.63, 3.8) is 0 Å². The molecule has 1 aromatic heterocycles. The molecule has 5 nitrogen and oxygen atoms in total. The number of rotatable bonds is 7. The Kier molecular flexibility index (Phi) is 5.10. The predicted molar refractivity (Wildman–Crippen MR) is 85.0 cm³/mol. The molecule has 2 unspecified atom stereocenters. The first-order valence-electron chi connectivity index (χ1n) is 7.14. The molecule has 7 heteroatoms. The lowest BCUT2D eigenvalue weighted by atomic mass is 9.65. The van der Waals surface area contributed by atoms with Crippen LogP contribution in [-0.4, -0.2) is 34.2 Å². The molecule has 0 amide bonds. The Bertz CT molecular complexity index is 581. The molecule has 21 heavy (non-hydrogen) atoms. The zero-order valence-electron chi connectivity index (χ0n) is 13.0. The van der Waals surface area contributed by atoms with Crippen molar-refractivity contribution in [1.82, 2.24) is 10.0 Å². The Morgan fingerprint density at radius 1 is 1.48 bits per heavy atom. The highest BCUT2D eigenvalue weighted by atomic mass is 32.2. The molecular weight excluding hydrogens is 308 g/mol. The van der Waals surface area contributed by atoms with Crippen LogP contribution in [0.3, 0.4) is 0 Å². The van der Waals surface area contributed by atoms with Crippen LogP contribution in [0.15, 0.2) is 15.7 Å². The molecule has 1 saturated carbocycles. The van der Waals surface area contributed by atoms with Gasteiger partial charge in [-0.15, -0.1) is 11.3 Å². The number of hydrogen-bond donors (Lipinski definition) is 2. The van der Waals surface area contributed by atoms with Gasteiger partial charge in [-0.1, -0.05) is 20.8 Å². The number of nitrogens with one attached hydrogen (secondary N) is 2. The van der Waals surface area contributed by atoms with Gasteiger partial charge in [0.05, 0.1) is 6.10 Å². The molecule has 1 aliphatic rings. The lowest BCUT2D eigenvalue weighted by Crippen LogP contribution is -2.61. The smallest absolute Gasteiger partial charge is 0.250 e. The minimum absolute atomic E-state index is 0.0771. The van der Waals surface area contributed by atoms with E-state index in [1.165, 1.54) is 11.3 Å². The van der Waals surface area contributed by atoms with E-state index in [-0.39, 0.29) is 17.6 Å². The summed E-state index contributed by atoms with van der Waals surface area (Å²) >= 11 is 1.27. The van der Waals surface area contributed by atoms with E-state index in [2.05, 4.69) is 10.0 Å². The van der Waals surface area contributed by atoms with Crippen molar-refractivity contribution in [2.24, 2.45) is 5.41 Å². The largest absolute Gasteiger partial charge is 0.381 e. The fourth-order valence-corrected chi connectivity index (χ4v) is 5.22. The van der Waals surface area contributed by atoms with Gasteiger partial charge in [0.2, 0.25) is 10.0 Å². The number of hydrogen-bond acceptors (Lipinski definition) is 5. The van der Waals surface area contributed by atoms with E-state index >= 15 is 0 Å². The third-order valence-electron chi connectivity index (χ3n) is 4.23. The minimum Gasteiger partial charge on any atom is -0.381 e. The third kappa shape index (κ3) is 3.48. The molecule has 0 bridgehead atoms. The number of sulfonamides is 1. The zero-order chi connectivity index (χ0) is 15.7. The standard InChI is InChI=1S/C14H24N2O3S2/c1-5-15-8-10-6-13(20-9-10)21(17,18)16-11-7-12(19-4)14(11,2)3/h6,9,11-12,15-16H,5,7-8H2,1-4H3. The van der Waals surface area contributed by atoms with Crippen LogP contribution in [-0.2, 0) is 21.3 Å². The van der Waals surface area contributed by atoms with E-state index in [0.29, 0.717) is 10.8 Å². The summed E-state index contributed by atoms with van der Waals surface area (Å²) in [6.45, 7) is 7.65. The first-order valence-corrected chi connectivity index (χ1v) is 9.50. The van der Waals surface area contributed by atoms with Gasteiger partial charge in [-0.2, -0.15) is 0 Å². The highest BCUT2D eigenvalue weighted by molar-refractivity contribution is 7.91. The maximum atomic E-state index is 12.4. The number of ether oxygens (including phenoxy) is 1. The van der Waals surface area contributed by atoms with Crippen LogP contribution in [0.25, 0.3) is 0 Å². The maximum Gasteiger partial charge on any atom is 0.250 e. The van der Waals surface area contributed by atoms with Crippen LogP contribution >= 0.6 is 11.3 Å². The summed E-state index contributed by atoms with van der Waals surface area (Å²) in [5.41, 5.74) is 0.830. The lowest BCUT2D eigenvalue weighted by Gasteiger charge is -2.50. The van der Waals surface area contributed by atoms with Crippen LogP contribution in [0, 0.1) is 5.41 Å². The van der Waals surface area contributed by atoms with Crippen molar-refractivity contribution in [1.29, 1.82) is 0 Å². The molecule has 120 valence electrons. The average Bonchev–Trinajstić information content (AvgIpc) is 2.90. The molecule has 0 aliphatic heterocycles. The molecule has 0 radical (unpaired) electrons. The molecule has 2 N–H and O–H groups in total. The average molecular weight is 332 g/mol. The van der Waals surface area contributed by atoms with E-state index < -0.39 is 10.0 Å². The van der Waals surface area contributed by atoms with Crippen LogP contribution in [0.5, 0.6) is 0 Å². The maximum absolute atomic E-state index is 12.4. The second-order valence-electron chi connectivity index (χ2n) is 6.01.